The van der Waals surface area contributed by atoms with Gasteiger partial charge in [-0.15, -0.1) is 0 Å². The molecule has 0 aliphatic heterocycles. The molecule has 1 saturated carbocycles. The first-order valence-electron chi connectivity index (χ1n) is 7.80. The molecule has 2 aromatic rings. The standard InChI is InChI=1S/C17H21FN2O2/c18-13-3-4-15-14(9-13)12(11-20-15)5-8-19-16(21)10-17(22)6-1-2-7-17/h3-4,9,11,20,22H,1-2,5-8,10H2,(H,19,21). The summed E-state index contributed by atoms with van der Waals surface area (Å²) >= 11 is 0. The maximum atomic E-state index is 13.3. The second kappa shape index (κ2) is 6.08. The summed E-state index contributed by atoms with van der Waals surface area (Å²) in [5, 5.41) is 13.9. The lowest BCUT2D eigenvalue weighted by Crippen LogP contribution is -2.35. The van der Waals surface area contributed by atoms with Gasteiger partial charge in [-0.05, 0) is 43.0 Å². The lowest BCUT2D eigenvalue weighted by molar-refractivity contribution is -0.125. The third kappa shape index (κ3) is 3.30. The zero-order valence-electron chi connectivity index (χ0n) is 12.5. The third-order valence-electron chi connectivity index (χ3n) is 4.47. The van der Waals surface area contributed by atoms with E-state index in [2.05, 4.69) is 10.3 Å². The predicted molar refractivity (Wildman–Crippen MR) is 83.0 cm³/mol. The molecule has 0 spiro atoms. The van der Waals surface area contributed by atoms with Gasteiger partial charge in [0.25, 0.3) is 0 Å². The van der Waals surface area contributed by atoms with Crippen LogP contribution in [0.25, 0.3) is 10.9 Å². The van der Waals surface area contributed by atoms with E-state index in [9.17, 15) is 14.3 Å². The number of carbonyl (C=O) groups excluding carboxylic acids is 1. The largest absolute Gasteiger partial charge is 0.389 e. The maximum Gasteiger partial charge on any atom is 0.222 e. The van der Waals surface area contributed by atoms with Gasteiger partial charge in [-0.25, -0.2) is 4.39 Å². The molecule has 4 nitrogen and oxygen atoms in total. The predicted octanol–water partition coefficient (Wildman–Crippen LogP) is 2.66. The number of rotatable bonds is 5. The molecule has 0 atom stereocenters. The topological polar surface area (TPSA) is 65.1 Å². The zero-order chi connectivity index (χ0) is 15.6. The molecule has 0 bridgehead atoms. The van der Waals surface area contributed by atoms with Crippen molar-refractivity contribution in [1.29, 1.82) is 0 Å². The second-order valence-corrected chi connectivity index (χ2v) is 6.21. The molecule has 0 saturated heterocycles. The molecule has 0 unspecified atom stereocenters. The van der Waals surface area contributed by atoms with Crippen LogP contribution in [-0.2, 0) is 11.2 Å². The summed E-state index contributed by atoms with van der Waals surface area (Å²) in [6, 6.07) is 4.64. The maximum absolute atomic E-state index is 13.3. The fourth-order valence-electron chi connectivity index (χ4n) is 3.27. The molecule has 1 aliphatic carbocycles. The molecule has 22 heavy (non-hydrogen) atoms. The highest BCUT2D eigenvalue weighted by Gasteiger charge is 2.33. The van der Waals surface area contributed by atoms with Gasteiger partial charge in [-0.3, -0.25) is 4.79 Å². The first-order chi connectivity index (χ1) is 10.6. The smallest absolute Gasteiger partial charge is 0.222 e. The number of fused-ring (bicyclic) bond motifs is 1. The van der Waals surface area contributed by atoms with Crippen LogP contribution in [0.4, 0.5) is 4.39 Å². The van der Waals surface area contributed by atoms with Crippen molar-refractivity contribution < 1.29 is 14.3 Å². The molecular formula is C17H21FN2O2. The molecule has 3 N–H and O–H groups in total. The van der Waals surface area contributed by atoms with Crippen LogP contribution in [0.1, 0.15) is 37.7 Å². The van der Waals surface area contributed by atoms with Crippen LogP contribution in [0.2, 0.25) is 0 Å². The molecule has 0 radical (unpaired) electrons. The van der Waals surface area contributed by atoms with Gasteiger partial charge in [0, 0.05) is 23.6 Å². The number of H-pyrrole nitrogens is 1. The highest BCUT2D eigenvalue weighted by Crippen LogP contribution is 2.32. The number of carbonyl (C=O) groups is 1. The number of amides is 1. The van der Waals surface area contributed by atoms with E-state index in [1.54, 1.807) is 6.07 Å². The van der Waals surface area contributed by atoms with Crippen molar-refractivity contribution in [3.63, 3.8) is 0 Å². The highest BCUT2D eigenvalue weighted by atomic mass is 19.1. The Bertz CT molecular complexity index is 674. The Morgan fingerprint density at radius 3 is 2.91 bits per heavy atom. The van der Waals surface area contributed by atoms with Gasteiger partial charge in [0.2, 0.25) is 5.91 Å². The Balaban J connectivity index is 1.53. The number of aliphatic hydroxyl groups is 1. The Kier molecular flexibility index (Phi) is 4.16. The summed E-state index contributed by atoms with van der Waals surface area (Å²) in [6.07, 6.45) is 6.06. The molecular weight excluding hydrogens is 283 g/mol. The number of benzene rings is 1. The third-order valence-corrected chi connectivity index (χ3v) is 4.47. The SMILES string of the molecule is O=C(CC1(O)CCCC1)NCCc1c[nH]c2ccc(F)cc12. The summed E-state index contributed by atoms with van der Waals surface area (Å²) < 4.78 is 13.3. The Labute approximate surface area is 128 Å². The van der Waals surface area contributed by atoms with Crippen molar-refractivity contribution in [3.05, 3.63) is 35.8 Å². The zero-order valence-corrected chi connectivity index (χ0v) is 12.5. The van der Waals surface area contributed by atoms with E-state index in [0.717, 1.165) is 29.3 Å². The Morgan fingerprint density at radius 1 is 1.36 bits per heavy atom. The van der Waals surface area contributed by atoms with Gasteiger partial charge in [-0.2, -0.15) is 0 Å². The Hall–Kier alpha value is -1.88. The van der Waals surface area contributed by atoms with Gasteiger partial charge in [-0.1, -0.05) is 12.8 Å². The van der Waals surface area contributed by atoms with Crippen LogP contribution in [0.15, 0.2) is 24.4 Å². The van der Waals surface area contributed by atoms with E-state index in [1.807, 2.05) is 6.20 Å². The number of halogens is 1. The summed E-state index contributed by atoms with van der Waals surface area (Å²) in [4.78, 5) is 15.0. The molecule has 1 aromatic carbocycles. The van der Waals surface area contributed by atoms with Crippen LogP contribution in [0.3, 0.4) is 0 Å². The monoisotopic (exact) mass is 304 g/mol. The number of aromatic nitrogens is 1. The molecule has 118 valence electrons. The highest BCUT2D eigenvalue weighted by molar-refractivity contribution is 5.83. The Morgan fingerprint density at radius 2 is 2.14 bits per heavy atom. The van der Waals surface area contributed by atoms with E-state index >= 15 is 0 Å². The summed E-state index contributed by atoms with van der Waals surface area (Å²) in [6.45, 7) is 0.485. The summed E-state index contributed by atoms with van der Waals surface area (Å²) in [5.41, 5.74) is 1.06. The second-order valence-electron chi connectivity index (χ2n) is 6.21. The molecule has 1 fully saturated rings. The number of hydrogen-bond acceptors (Lipinski definition) is 2. The van der Waals surface area contributed by atoms with Crippen molar-refractivity contribution in [2.45, 2.75) is 44.1 Å². The van der Waals surface area contributed by atoms with Crippen LogP contribution in [0.5, 0.6) is 0 Å². The van der Waals surface area contributed by atoms with Crippen molar-refractivity contribution in [3.8, 4) is 0 Å². The van der Waals surface area contributed by atoms with Crippen molar-refractivity contribution in [1.82, 2.24) is 10.3 Å². The van der Waals surface area contributed by atoms with E-state index in [0.29, 0.717) is 25.8 Å². The van der Waals surface area contributed by atoms with Gasteiger partial charge in [0.1, 0.15) is 5.82 Å². The molecule has 1 heterocycles. The molecule has 5 heteroatoms. The fourth-order valence-corrected chi connectivity index (χ4v) is 3.27. The number of aromatic amines is 1. The van der Waals surface area contributed by atoms with Crippen LogP contribution < -0.4 is 5.32 Å². The van der Waals surface area contributed by atoms with Crippen molar-refractivity contribution in [2.24, 2.45) is 0 Å². The molecule has 1 amide bonds. The van der Waals surface area contributed by atoms with Crippen molar-refractivity contribution >= 4 is 16.8 Å². The normalized spacial score (nSPS) is 17.0. The average molecular weight is 304 g/mol. The number of nitrogens with one attached hydrogen (secondary N) is 2. The molecule has 1 aromatic heterocycles. The minimum Gasteiger partial charge on any atom is -0.389 e. The lowest BCUT2D eigenvalue weighted by atomic mass is 9.97. The summed E-state index contributed by atoms with van der Waals surface area (Å²) in [5.74, 6) is -0.378. The van der Waals surface area contributed by atoms with Crippen LogP contribution in [0, 0.1) is 5.82 Å². The van der Waals surface area contributed by atoms with Crippen LogP contribution in [-0.4, -0.2) is 28.1 Å². The van der Waals surface area contributed by atoms with Gasteiger partial charge in [0.05, 0.1) is 12.0 Å². The quantitative estimate of drug-likeness (QED) is 0.795. The van der Waals surface area contributed by atoms with E-state index in [4.69, 9.17) is 0 Å². The molecule has 3 rings (SSSR count). The van der Waals surface area contributed by atoms with E-state index in [1.165, 1.54) is 12.1 Å². The minimum absolute atomic E-state index is 0.115. The van der Waals surface area contributed by atoms with Gasteiger partial charge in [0.15, 0.2) is 0 Å². The molecule has 1 aliphatic rings. The van der Waals surface area contributed by atoms with E-state index < -0.39 is 5.60 Å². The van der Waals surface area contributed by atoms with Gasteiger partial charge < -0.3 is 15.4 Å². The lowest BCUT2D eigenvalue weighted by Gasteiger charge is -2.21. The van der Waals surface area contributed by atoms with Crippen molar-refractivity contribution in [2.75, 3.05) is 6.54 Å². The van der Waals surface area contributed by atoms with E-state index in [-0.39, 0.29) is 18.1 Å². The minimum atomic E-state index is -0.812. The average Bonchev–Trinajstić information content (AvgIpc) is 3.06. The first kappa shape index (κ1) is 15.0. The van der Waals surface area contributed by atoms with Crippen LogP contribution >= 0.6 is 0 Å². The number of hydrogen-bond donors (Lipinski definition) is 3. The fraction of sp³-hybridized carbons (Fsp3) is 0.471. The first-order valence-corrected chi connectivity index (χ1v) is 7.80. The summed E-state index contributed by atoms with van der Waals surface area (Å²) in [7, 11) is 0. The van der Waals surface area contributed by atoms with Gasteiger partial charge >= 0.3 is 0 Å².